The molecule has 3 rings (SSSR count). The van der Waals surface area contributed by atoms with E-state index in [-0.39, 0.29) is 18.3 Å². The van der Waals surface area contributed by atoms with Crippen LogP contribution >= 0.6 is 11.3 Å². The van der Waals surface area contributed by atoms with Gasteiger partial charge in [-0.2, -0.15) is 0 Å². The van der Waals surface area contributed by atoms with Crippen LogP contribution in [0.15, 0.2) is 46.2 Å². The summed E-state index contributed by atoms with van der Waals surface area (Å²) in [6.07, 6.45) is 2.12. The average Bonchev–Trinajstić information content (AvgIpc) is 3.23. The molecule has 1 N–H and O–H groups in total. The smallest absolute Gasteiger partial charge is 0.293 e. The number of ether oxygens (including phenoxy) is 1. The topological polar surface area (TPSA) is 64.4 Å². The monoisotopic (exact) mass is 356 g/mol. The van der Waals surface area contributed by atoms with Crippen molar-refractivity contribution in [3.63, 3.8) is 0 Å². The summed E-state index contributed by atoms with van der Waals surface area (Å²) in [5.74, 6) is 1.32. The summed E-state index contributed by atoms with van der Waals surface area (Å²) in [6, 6.07) is 11.4. The summed E-state index contributed by atoms with van der Waals surface area (Å²) in [6.45, 7) is 4.30. The third-order valence-electron chi connectivity index (χ3n) is 3.54. The molecule has 0 aliphatic rings. The van der Waals surface area contributed by atoms with E-state index < -0.39 is 0 Å². The maximum absolute atomic E-state index is 12.1. The van der Waals surface area contributed by atoms with Crippen molar-refractivity contribution in [2.75, 3.05) is 5.32 Å². The number of aromatic nitrogens is 1. The molecule has 0 saturated carbocycles. The van der Waals surface area contributed by atoms with Crippen molar-refractivity contribution in [3.05, 3.63) is 64.6 Å². The Balaban J connectivity index is 1.58. The Kier molecular flexibility index (Phi) is 5.50. The van der Waals surface area contributed by atoms with E-state index in [0.717, 1.165) is 24.3 Å². The van der Waals surface area contributed by atoms with Gasteiger partial charge in [-0.25, -0.2) is 4.98 Å². The first-order valence-electron chi connectivity index (χ1n) is 8.18. The zero-order valence-electron chi connectivity index (χ0n) is 14.2. The molecule has 0 unspecified atom stereocenters. The van der Waals surface area contributed by atoms with Crippen molar-refractivity contribution in [2.45, 2.75) is 33.3 Å². The highest BCUT2D eigenvalue weighted by Gasteiger charge is 2.13. The third kappa shape index (κ3) is 4.70. The molecule has 0 atom stereocenters. The lowest BCUT2D eigenvalue weighted by molar-refractivity contribution is 0.0992. The van der Waals surface area contributed by atoms with Crippen LogP contribution in [0.25, 0.3) is 0 Å². The first-order valence-corrected chi connectivity index (χ1v) is 9.06. The van der Waals surface area contributed by atoms with Crippen molar-refractivity contribution >= 4 is 22.4 Å². The molecule has 2 heterocycles. The van der Waals surface area contributed by atoms with Gasteiger partial charge in [-0.1, -0.05) is 25.5 Å². The Morgan fingerprint density at radius 2 is 2.20 bits per heavy atom. The van der Waals surface area contributed by atoms with Crippen molar-refractivity contribution in [2.24, 2.45) is 0 Å². The summed E-state index contributed by atoms with van der Waals surface area (Å²) in [7, 11) is 0. The minimum atomic E-state index is -0.314. The van der Waals surface area contributed by atoms with Crippen LogP contribution in [0.3, 0.4) is 0 Å². The molecule has 0 bridgehead atoms. The number of hydrogen-bond donors (Lipinski definition) is 1. The predicted octanol–water partition coefficient (Wildman–Crippen LogP) is 4.83. The molecule has 25 heavy (non-hydrogen) atoms. The largest absolute Gasteiger partial charge is 0.486 e. The Morgan fingerprint density at radius 1 is 1.32 bits per heavy atom. The summed E-state index contributed by atoms with van der Waals surface area (Å²) in [5.41, 5.74) is 2.12. The van der Waals surface area contributed by atoms with Crippen molar-refractivity contribution < 1.29 is 13.9 Å². The Labute approximate surface area is 150 Å². The van der Waals surface area contributed by atoms with E-state index in [2.05, 4.69) is 23.3 Å². The molecule has 130 valence electrons. The highest BCUT2D eigenvalue weighted by Crippen LogP contribution is 2.19. The number of carbonyl (C=O) groups excluding carboxylic acids is 1. The van der Waals surface area contributed by atoms with Crippen LogP contribution in [0, 0.1) is 6.92 Å². The molecule has 1 aromatic carbocycles. The van der Waals surface area contributed by atoms with Gasteiger partial charge in [-0.3, -0.25) is 10.1 Å². The summed E-state index contributed by atoms with van der Waals surface area (Å²) >= 11 is 1.38. The molecule has 2 aromatic heterocycles. The fraction of sp³-hybridized carbons (Fsp3) is 0.263. The number of thiazole rings is 1. The van der Waals surface area contributed by atoms with Crippen molar-refractivity contribution in [3.8, 4) is 5.75 Å². The highest BCUT2D eigenvalue weighted by atomic mass is 32.1. The minimum Gasteiger partial charge on any atom is -0.486 e. The van der Waals surface area contributed by atoms with Crippen molar-refractivity contribution in [1.29, 1.82) is 0 Å². The Morgan fingerprint density at radius 3 is 2.96 bits per heavy atom. The van der Waals surface area contributed by atoms with Crippen LogP contribution in [0.4, 0.5) is 5.13 Å². The lowest BCUT2D eigenvalue weighted by atomic mass is 10.1. The number of furan rings is 1. The van der Waals surface area contributed by atoms with E-state index in [0.29, 0.717) is 10.9 Å². The molecule has 0 spiro atoms. The molecular formula is C19H20N2O3S. The number of carbonyl (C=O) groups is 1. The van der Waals surface area contributed by atoms with E-state index in [1.54, 1.807) is 12.1 Å². The molecule has 3 aromatic rings. The standard InChI is InChI=1S/C19H20N2O3S/c1-3-5-14-6-4-7-15(10-14)23-11-16-8-9-17(24-16)18(22)21-19-20-13(2)12-25-19/h4,6-10,12H,3,5,11H2,1-2H3,(H,20,21,22). The maximum Gasteiger partial charge on any atom is 0.293 e. The van der Waals surface area contributed by atoms with Gasteiger partial charge in [0.1, 0.15) is 18.1 Å². The summed E-state index contributed by atoms with van der Waals surface area (Å²) in [5, 5.41) is 5.16. The number of anilines is 1. The second-order valence-corrected chi connectivity index (χ2v) is 6.56. The van der Waals surface area contributed by atoms with Gasteiger partial charge in [0.2, 0.25) is 0 Å². The van der Waals surface area contributed by atoms with E-state index in [4.69, 9.17) is 9.15 Å². The quantitative estimate of drug-likeness (QED) is 0.658. The third-order valence-corrected chi connectivity index (χ3v) is 4.42. The van der Waals surface area contributed by atoms with Gasteiger partial charge in [0.05, 0.1) is 5.69 Å². The summed E-state index contributed by atoms with van der Waals surface area (Å²) < 4.78 is 11.3. The number of nitrogens with one attached hydrogen (secondary N) is 1. The Bertz CT molecular complexity index is 854. The fourth-order valence-electron chi connectivity index (χ4n) is 2.38. The lowest BCUT2D eigenvalue weighted by Gasteiger charge is -2.06. The number of hydrogen-bond acceptors (Lipinski definition) is 5. The molecule has 0 fully saturated rings. The van der Waals surface area contributed by atoms with Gasteiger partial charge in [0, 0.05) is 5.38 Å². The number of amides is 1. The molecule has 1 amide bonds. The van der Waals surface area contributed by atoms with Crippen LogP contribution in [0.2, 0.25) is 0 Å². The molecule has 0 saturated heterocycles. The minimum absolute atomic E-state index is 0.242. The zero-order valence-corrected chi connectivity index (χ0v) is 15.1. The number of rotatable bonds is 7. The van der Waals surface area contributed by atoms with Gasteiger partial charge >= 0.3 is 0 Å². The number of nitrogens with zero attached hydrogens (tertiary/aromatic N) is 1. The first kappa shape index (κ1) is 17.2. The fourth-order valence-corrected chi connectivity index (χ4v) is 3.06. The van der Waals surface area contributed by atoms with Gasteiger partial charge in [0.15, 0.2) is 10.9 Å². The predicted molar refractivity (Wildman–Crippen MR) is 98.3 cm³/mol. The molecule has 6 heteroatoms. The average molecular weight is 356 g/mol. The van der Waals surface area contributed by atoms with E-state index >= 15 is 0 Å². The number of benzene rings is 1. The van der Waals surface area contributed by atoms with Gasteiger partial charge in [-0.05, 0) is 43.2 Å². The van der Waals surface area contributed by atoms with Crippen LogP contribution < -0.4 is 10.1 Å². The summed E-state index contributed by atoms with van der Waals surface area (Å²) in [4.78, 5) is 16.4. The zero-order chi connectivity index (χ0) is 17.6. The van der Waals surface area contributed by atoms with Crippen LogP contribution in [-0.2, 0) is 13.0 Å². The van der Waals surface area contributed by atoms with Crippen LogP contribution in [-0.4, -0.2) is 10.9 Å². The number of aryl methyl sites for hydroxylation is 2. The van der Waals surface area contributed by atoms with E-state index in [1.807, 2.05) is 30.5 Å². The first-order chi connectivity index (χ1) is 12.1. The van der Waals surface area contributed by atoms with Crippen LogP contribution in [0.1, 0.15) is 40.9 Å². The second-order valence-electron chi connectivity index (χ2n) is 5.70. The van der Waals surface area contributed by atoms with E-state index in [9.17, 15) is 4.79 Å². The molecule has 5 nitrogen and oxygen atoms in total. The van der Waals surface area contributed by atoms with Crippen LogP contribution in [0.5, 0.6) is 5.75 Å². The lowest BCUT2D eigenvalue weighted by Crippen LogP contribution is -2.10. The molecule has 0 radical (unpaired) electrons. The van der Waals surface area contributed by atoms with Gasteiger partial charge in [-0.15, -0.1) is 11.3 Å². The molecule has 0 aliphatic heterocycles. The van der Waals surface area contributed by atoms with Gasteiger partial charge in [0.25, 0.3) is 5.91 Å². The van der Waals surface area contributed by atoms with E-state index in [1.165, 1.54) is 16.9 Å². The van der Waals surface area contributed by atoms with Gasteiger partial charge < -0.3 is 9.15 Å². The Hall–Kier alpha value is -2.60. The SMILES string of the molecule is CCCc1cccc(OCc2ccc(C(=O)Nc3nc(C)cs3)o2)c1. The molecular weight excluding hydrogens is 336 g/mol. The maximum atomic E-state index is 12.1. The molecule has 0 aliphatic carbocycles. The normalized spacial score (nSPS) is 10.6. The van der Waals surface area contributed by atoms with Crippen molar-refractivity contribution in [1.82, 2.24) is 4.98 Å². The second kappa shape index (κ2) is 7.98. The highest BCUT2D eigenvalue weighted by molar-refractivity contribution is 7.13.